The number of furan rings is 1. The molecule has 1 aliphatic rings. The number of fused-ring (bicyclic) bond motifs is 1. The summed E-state index contributed by atoms with van der Waals surface area (Å²) in [7, 11) is 0. The van der Waals surface area contributed by atoms with Crippen molar-refractivity contribution in [1.29, 1.82) is 0 Å². The van der Waals surface area contributed by atoms with E-state index in [1.807, 2.05) is 48.5 Å². The number of benzene rings is 2. The van der Waals surface area contributed by atoms with E-state index < -0.39 is 0 Å². The van der Waals surface area contributed by atoms with Crippen LogP contribution in [0, 0.1) is 12.1 Å². The fraction of sp³-hybridized carbons (Fsp3) is 0.0667. The van der Waals surface area contributed by atoms with Gasteiger partial charge in [-0.1, -0.05) is 84.9 Å². The van der Waals surface area contributed by atoms with Gasteiger partial charge in [-0.05, 0) is 25.0 Å². The SMILES string of the molecule is c1cccc(-c2ccccc2-c2oc(-c3cncc(-c4ccccc4)n3)c3c2CCC=C3)c#1. The third-order valence-electron chi connectivity index (χ3n) is 5.94. The lowest BCUT2D eigenvalue weighted by atomic mass is 9.92. The summed E-state index contributed by atoms with van der Waals surface area (Å²) in [5, 5.41) is 0. The lowest BCUT2D eigenvalue weighted by Crippen LogP contribution is -1.95. The van der Waals surface area contributed by atoms with Crippen molar-refractivity contribution in [2.24, 2.45) is 0 Å². The van der Waals surface area contributed by atoms with Crippen molar-refractivity contribution < 1.29 is 4.42 Å². The van der Waals surface area contributed by atoms with Crippen molar-refractivity contribution in [3.05, 3.63) is 115 Å². The summed E-state index contributed by atoms with van der Waals surface area (Å²) in [5.74, 6) is 1.66. The van der Waals surface area contributed by atoms with Gasteiger partial charge in [0.1, 0.15) is 11.5 Å². The highest BCUT2D eigenvalue weighted by Gasteiger charge is 2.25. The zero-order chi connectivity index (χ0) is 22.0. The van der Waals surface area contributed by atoms with E-state index in [4.69, 9.17) is 9.40 Å². The van der Waals surface area contributed by atoms with Crippen LogP contribution in [0.3, 0.4) is 0 Å². The van der Waals surface area contributed by atoms with E-state index in [9.17, 15) is 0 Å². The maximum Gasteiger partial charge on any atom is 0.162 e. The molecule has 0 aliphatic heterocycles. The van der Waals surface area contributed by atoms with Crippen LogP contribution in [0.4, 0.5) is 0 Å². The minimum atomic E-state index is 0.738. The number of hydrogen-bond acceptors (Lipinski definition) is 3. The summed E-state index contributed by atoms with van der Waals surface area (Å²) in [6, 6.07) is 30.6. The molecule has 33 heavy (non-hydrogen) atoms. The maximum absolute atomic E-state index is 6.62. The summed E-state index contributed by atoms with van der Waals surface area (Å²) in [4.78, 5) is 9.39. The van der Waals surface area contributed by atoms with Crippen molar-refractivity contribution in [1.82, 2.24) is 9.97 Å². The Morgan fingerprint density at radius 2 is 1.61 bits per heavy atom. The van der Waals surface area contributed by atoms with Gasteiger partial charge in [-0.2, -0.15) is 0 Å². The summed E-state index contributed by atoms with van der Waals surface area (Å²) in [6.07, 6.45) is 9.84. The Labute approximate surface area is 193 Å². The van der Waals surface area contributed by atoms with Gasteiger partial charge in [-0.15, -0.1) is 0 Å². The molecule has 3 heteroatoms. The Kier molecular flexibility index (Phi) is 4.82. The molecule has 0 radical (unpaired) electrons. The molecule has 0 N–H and O–H groups in total. The van der Waals surface area contributed by atoms with Gasteiger partial charge in [-0.25, -0.2) is 4.98 Å². The second kappa shape index (κ2) is 8.26. The van der Waals surface area contributed by atoms with E-state index in [1.54, 1.807) is 12.4 Å². The van der Waals surface area contributed by atoms with E-state index in [2.05, 4.69) is 53.5 Å². The van der Waals surface area contributed by atoms with Crippen LogP contribution in [0.2, 0.25) is 0 Å². The largest absolute Gasteiger partial charge is 0.453 e. The number of aromatic nitrogens is 2. The predicted molar refractivity (Wildman–Crippen MR) is 131 cm³/mol. The van der Waals surface area contributed by atoms with E-state index in [-0.39, 0.29) is 0 Å². The molecule has 3 nitrogen and oxygen atoms in total. The summed E-state index contributed by atoms with van der Waals surface area (Å²) in [6.45, 7) is 0. The van der Waals surface area contributed by atoms with Crippen molar-refractivity contribution >= 4 is 6.08 Å². The van der Waals surface area contributed by atoms with Crippen molar-refractivity contribution in [2.45, 2.75) is 12.8 Å². The average molecular weight is 425 g/mol. The first-order chi connectivity index (χ1) is 16.4. The molecule has 1 aliphatic carbocycles. The van der Waals surface area contributed by atoms with Crippen LogP contribution in [0.1, 0.15) is 17.5 Å². The minimum Gasteiger partial charge on any atom is -0.453 e. The molecular weight excluding hydrogens is 404 g/mol. The molecule has 0 fully saturated rings. The van der Waals surface area contributed by atoms with Gasteiger partial charge in [0, 0.05) is 33.4 Å². The highest BCUT2D eigenvalue weighted by atomic mass is 16.3. The van der Waals surface area contributed by atoms with E-state index in [0.717, 1.165) is 63.6 Å². The molecule has 0 saturated carbocycles. The van der Waals surface area contributed by atoms with Crippen molar-refractivity contribution in [3.8, 4) is 45.2 Å². The smallest absolute Gasteiger partial charge is 0.162 e. The van der Waals surface area contributed by atoms with E-state index >= 15 is 0 Å². The summed E-state index contributed by atoms with van der Waals surface area (Å²) < 4.78 is 6.62. The van der Waals surface area contributed by atoms with E-state index in [0.29, 0.717) is 0 Å². The third-order valence-corrected chi connectivity index (χ3v) is 5.94. The van der Waals surface area contributed by atoms with Crippen LogP contribution >= 0.6 is 0 Å². The molecule has 0 spiro atoms. The normalized spacial score (nSPS) is 12.2. The van der Waals surface area contributed by atoms with Gasteiger partial charge in [0.15, 0.2) is 5.76 Å². The van der Waals surface area contributed by atoms with E-state index in [1.165, 1.54) is 5.56 Å². The molecule has 5 aromatic rings. The lowest BCUT2D eigenvalue weighted by Gasteiger charge is -2.10. The zero-order valence-corrected chi connectivity index (χ0v) is 18.0. The number of nitrogens with zero attached hydrogens (tertiary/aromatic N) is 2. The van der Waals surface area contributed by atoms with Crippen LogP contribution in [-0.2, 0) is 6.42 Å². The molecule has 156 valence electrons. The quantitative estimate of drug-likeness (QED) is 0.304. The molecule has 2 heterocycles. The molecule has 0 bridgehead atoms. The first kappa shape index (κ1) is 19.3. The Morgan fingerprint density at radius 3 is 2.45 bits per heavy atom. The topological polar surface area (TPSA) is 38.9 Å². The Morgan fingerprint density at radius 1 is 0.788 bits per heavy atom. The molecule has 0 amide bonds. The van der Waals surface area contributed by atoms with Crippen LogP contribution in [0.5, 0.6) is 0 Å². The first-order valence-electron chi connectivity index (χ1n) is 11.1. The van der Waals surface area contributed by atoms with Crippen molar-refractivity contribution in [3.63, 3.8) is 0 Å². The number of hydrogen-bond donors (Lipinski definition) is 0. The fourth-order valence-electron chi connectivity index (χ4n) is 4.39. The summed E-state index contributed by atoms with van der Waals surface area (Å²) >= 11 is 0. The Balaban J connectivity index is 1.53. The zero-order valence-electron chi connectivity index (χ0n) is 18.0. The summed E-state index contributed by atoms with van der Waals surface area (Å²) in [5.41, 5.74) is 8.04. The highest BCUT2D eigenvalue weighted by Crippen LogP contribution is 2.43. The van der Waals surface area contributed by atoms with Gasteiger partial charge < -0.3 is 4.42 Å². The third kappa shape index (κ3) is 3.52. The highest BCUT2D eigenvalue weighted by molar-refractivity contribution is 5.86. The van der Waals surface area contributed by atoms with Gasteiger partial charge in [0.25, 0.3) is 0 Å². The molecular formula is C30H20N2O. The standard InChI is InChI=1S/C30H20N2O/c1-3-11-21(12-4-1)23-15-7-8-16-24(23)29-25-17-9-10-18-26(25)30(33-29)28-20-31-19-27(32-28)22-13-5-2-6-14-22/h1-3,5-8,10-11,13-16,18-20H,9,17H2. The number of rotatable bonds is 4. The Bertz CT molecular complexity index is 1450. The first-order valence-corrected chi connectivity index (χ1v) is 11.1. The van der Waals surface area contributed by atoms with Crippen LogP contribution < -0.4 is 0 Å². The minimum absolute atomic E-state index is 0.738. The predicted octanol–water partition coefficient (Wildman–Crippen LogP) is 7.30. The van der Waals surface area contributed by atoms with Gasteiger partial charge >= 0.3 is 0 Å². The van der Waals surface area contributed by atoms with Crippen molar-refractivity contribution in [2.75, 3.05) is 0 Å². The second-order valence-electron chi connectivity index (χ2n) is 8.00. The van der Waals surface area contributed by atoms with Gasteiger partial charge in [0.2, 0.25) is 0 Å². The van der Waals surface area contributed by atoms with Crippen LogP contribution in [-0.4, -0.2) is 9.97 Å². The van der Waals surface area contributed by atoms with Gasteiger partial charge in [-0.3, -0.25) is 4.98 Å². The molecule has 0 saturated heterocycles. The van der Waals surface area contributed by atoms with Crippen LogP contribution in [0.15, 0.2) is 95.7 Å². The fourth-order valence-corrected chi connectivity index (χ4v) is 4.39. The number of allylic oxidation sites excluding steroid dienone is 1. The molecule has 2 aromatic heterocycles. The average Bonchev–Trinajstić information content (AvgIpc) is 3.29. The molecule has 0 unspecified atom stereocenters. The molecule has 0 atom stereocenters. The lowest BCUT2D eigenvalue weighted by molar-refractivity contribution is 0.591. The maximum atomic E-state index is 6.62. The second-order valence-corrected chi connectivity index (χ2v) is 8.00. The monoisotopic (exact) mass is 424 g/mol. The molecule has 6 rings (SSSR count). The molecule has 3 aromatic carbocycles. The Hall–Kier alpha value is -4.42. The van der Waals surface area contributed by atoms with Gasteiger partial charge in [0.05, 0.1) is 18.1 Å². The van der Waals surface area contributed by atoms with Crippen LogP contribution in [0.25, 0.3) is 51.2 Å².